The van der Waals surface area contributed by atoms with Gasteiger partial charge >= 0.3 is 0 Å². The molecule has 0 bridgehead atoms. The number of nitriles is 2. The number of hydrogen-bond acceptors (Lipinski definition) is 2. The van der Waals surface area contributed by atoms with Crippen LogP contribution in [0.5, 0.6) is 0 Å². The summed E-state index contributed by atoms with van der Waals surface area (Å²) in [6, 6.07) is 65.8. The number of hydrogen-bond donors (Lipinski definition) is 0. The van der Waals surface area contributed by atoms with Crippen molar-refractivity contribution >= 4 is 65.4 Å². The summed E-state index contributed by atoms with van der Waals surface area (Å²) in [6.07, 6.45) is 0. The smallest absolute Gasteiger partial charge is 0.102 e. The number of para-hydroxylation sites is 5. The predicted molar refractivity (Wildman–Crippen MR) is 224 cm³/mol. The highest BCUT2D eigenvalue weighted by molar-refractivity contribution is 6.17. The summed E-state index contributed by atoms with van der Waals surface area (Å²) < 4.78 is 6.90. The molecule has 254 valence electrons. The highest BCUT2D eigenvalue weighted by Gasteiger charge is 2.23. The minimum Gasteiger partial charge on any atom is -0.309 e. The lowest BCUT2D eigenvalue weighted by atomic mass is 9.96. The zero-order valence-electron chi connectivity index (χ0n) is 29.5. The third-order valence-corrected chi connectivity index (χ3v) is 11.1. The molecule has 3 aromatic heterocycles. The molecule has 0 spiro atoms. The van der Waals surface area contributed by atoms with Crippen LogP contribution in [0.4, 0.5) is 0 Å². The fourth-order valence-corrected chi connectivity index (χ4v) is 8.90. The van der Waals surface area contributed by atoms with Gasteiger partial charge in [-0.05, 0) is 66.7 Å². The maximum Gasteiger partial charge on any atom is 0.102 e. The van der Waals surface area contributed by atoms with Crippen LogP contribution in [0.1, 0.15) is 11.1 Å². The monoisotopic (exact) mass is 699 g/mol. The van der Waals surface area contributed by atoms with Gasteiger partial charge in [0, 0.05) is 43.4 Å². The van der Waals surface area contributed by atoms with Crippen molar-refractivity contribution in [2.24, 2.45) is 0 Å². The molecule has 3 heterocycles. The van der Waals surface area contributed by atoms with Crippen molar-refractivity contribution in [3.8, 4) is 40.3 Å². The molecule has 0 aliphatic rings. The topological polar surface area (TPSA) is 62.4 Å². The van der Waals surface area contributed by atoms with E-state index >= 15 is 0 Å². The van der Waals surface area contributed by atoms with E-state index in [4.69, 9.17) is 0 Å². The van der Waals surface area contributed by atoms with Crippen molar-refractivity contribution in [1.29, 1.82) is 10.5 Å². The van der Waals surface area contributed by atoms with E-state index in [1.165, 1.54) is 10.8 Å². The van der Waals surface area contributed by atoms with Crippen LogP contribution >= 0.6 is 0 Å². The maximum absolute atomic E-state index is 11.2. The molecule has 0 saturated carbocycles. The van der Waals surface area contributed by atoms with Gasteiger partial charge in [-0.1, -0.05) is 109 Å². The van der Waals surface area contributed by atoms with Crippen molar-refractivity contribution in [1.82, 2.24) is 13.7 Å². The van der Waals surface area contributed by atoms with E-state index in [1.807, 2.05) is 42.5 Å². The quantitative estimate of drug-likeness (QED) is 0.184. The van der Waals surface area contributed by atoms with E-state index in [1.54, 1.807) is 0 Å². The van der Waals surface area contributed by atoms with Gasteiger partial charge in [0.15, 0.2) is 0 Å². The van der Waals surface area contributed by atoms with Crippen molar-refractivity contribution in [3.63, 3.8) is 0 Å². The number of aromatic nitrogens is 3. The number of benzene rings is 8. The van der Waals surface area contributed by atoms with E-state index < -0.39 is 0 Å². The van der Waals surface area contributed by atoms with Gasteiger partial charge in [-0.2, -0.15) is 10.5 Å². The predicted octanol–water partition coefficient (Wildman–Crippen LogP) is 12.4. The Hall–Kier alpha value is -7.86. The van der Waals surface area contributed by atoms with Gasteiger partial charge in [0.25, 0.3) is 0 Å². The summed E-state index contributed by atoms with van der Waals surface area (Å²) in [5.41, 5.74) is 12.3. The maximum atomic E-state index is 11.2. The molecule has 11 aromatic rings. The molecule has 0 unspecified atom stereocenters. The summed E-state index contributed by atoms with van der Waals surface area (Å²) in [5, 5.41) is 27.7. The third-order valence-electron chi connectivity index (χ3n) is 11.1. The molecule has 0 N–H and O–H groups in total. The first-order chi connectivity index (χ1) is 27.2. The zero-order valence-corrected chi connectivity index (χ0v) is 29.5. The molecule has 0 atom stereocenters. The van der Waals surface area contributed by atoms with Crippen LogP contribution in [0, 0.1) is 22.7 Å². The van der Waals surface area contributed by atoms with E-state index in [-0.39, 0.29) is 0 Å². The Morgan fingerprint density at radius 3 is 1.45 bits per heavy atom. The summed E-state index contributed by atoms with van der Waals surface area (Å²) in [4.78, 5) is 0. The Morgan fingerprint density at radius 1 is 0.327 bits per heavy atom. The molecule has 8 aromatic carbocycles. The minimum atomic E-state index is 0.590. The molecule has 0 aliphatic heterocycles. The molecule has 0 aliphatic carbocycles. The number of fused-ring (bicyclic) bond motifs is 9. The molecule has 0 amide bonds. The van der Waals surface area contributed by atoms with Gasteiger partial charge in [-0.3, -0.25) is 0 Å². The van der Waals surface area contributed by atoms with Crippen molar-refractivity contribution in [2.45, 2.75) is 0 Å². The Morgan fingerprint density at radius 2 is 0.782 bits per heavy atom. The second-order valence-electron chi connectivity index (χ2n) is 13.9. The van der Waals surface area contributed by atoms with Gasteiger partial charge in [-0.25, -0.2) is 0 Å². The van der Waals surface area contributed by atoms with Crippen LogP contribution in [0.2, 0.25) is 0 Å². The molecular formula is C50H29N5. The SMILES string of the molecule is N#Cc1ccc2c(c1)c1ccccc1n2-c1ccccc1-c1cccc(-n2c3ccccc3c3c(-n4c5ccccc5c5ccccc54)cccc32)c1C#N. The van der Waals surface area contributed by atoms with Gasteiger partial charge in [-0.15, -0.1) is 0 Å². The highest BCUT2D eigenvalue weighted by Crippen LogP contribution is 2.43. The molecule has 5 heteroatoms. The standard InChI is InChI=1S/C50H29N5/c51-30-32-27-28-47-39(29-32)37-16-4-9-22-44(37)53(47)41-19-6-1-13-34(41)33-18-11-24-46(40(33)31-52)55-45-23-10-5-17-38(45)50-48(25-12-26-49(50)55)54-42-20-7-2-14-35(42)36-15-3-8-21-43(36)54/h1-29H. The number of rotatable bonds is 4. The minimum absolute atomic E-state index is 0.590. The van der Waals surface area contributed by atoms with Crippen LogP contribution in [0.15, 0.2) is 176 Å². The second-order valence-corrected chi connectivity index (χ2v) is 13.9. The van der Waals surface area contributed by atoms with Crippen molar-refractivity contribution < 1.29 is 0 Å². The first-order valence-corrected chi connectivity index (χ1v) is 18.3. The van der Waals surface area contributed by atoms with Crippen LogP contribution in [-0.2, 0) is 0 Å². The average molecular weight is 700 g/mol. The van der Waals surface area contributed by atoms with Gasteiger partial charge in [0.1, 0.15) is 6.07 Å². The van der Waals surface area contributed by atoms with E-state index in [0.717, 1.165) is 82.8 Å². The lowest BCUT2D eigenvalue weighted by Crippen LogP contribution is -2.02. The molecule has 0 saturated heterocycles. The fraction of sp³-hybridized carbons (Fsp3) is 0. The molecule has 0 radical (unpaired) electrons. The van der Waals surface area contributed by atoms with Gasteiger partial charge in [0.2, 0.25) is 0 Å². The molecular weight excluding hydrogens is 671 g/mol. The Balaban J connectivity index is 1.19. The largest absolute Gasteiger partial charge is 0.309 e. The number of nitrogens with zero attached hydrogens (tertiary/aromatic N) is 5. The average Bonchev–Trinajstić information content (AvgIpc) is 3.89. The highest BCUT2D eigenvalue weighted by atomic mass is 15.0. The van der Waals surface area contributed by atoms with Gasteiger partial charge < -0.3 is 13.7 Å². The first kappa shape index (κ1) is 30.7. The third kappa shape index (κ3) is 4.33. The lowest BCUT2D eigenvalue weighted by molar-refractivity contribution is 1.15. The molecule has 5 nitrogen and oxygen atoms in total. The van der Waals surface area contributed by atoms with Crippen molar-refractivity contribution in [2.75, 3.05) is 0 Å². The fourth-order valence-electron chi connectivity index (χ4n) is 8.90. The first-order valence-electron chi connectivity index (χ1n) is 18.3. The van der Waals surface area contributed by atoms with E-state index in [0.29, 0.717) is 11.1 Å². The summed E-state index contributed by atoms with van der Waals surface area (Å²) in [5.74, 6) is 0. The van der Waals surface area contributed by atoms with E-state index in [9.17, 15) is 10.5 Å². The summed E-state index contributed by atoms with van der Waals surface area (Å²) >= 11 is 0. The Kier molecular flexibility index (Phi) is 6.61. The van der Waals surface area contributed by atoms with Crippen LogP contribution in [0.25, 0.3) is 93.6 Å². The lowest BCUT2D eigenvalue weighted by Gasteiger charge is -2.17. The zero-order chi connectivity index (χ0) is 36.6. The Labute approximate surface area is 316 Å². The van der Waals surface area contributed by atoms with Crippen molar-refractivity contribution in [3.05, 3.63) is 187 Å². The molecule has 11 rings (SSSR count). The van der Waals surface area contributed by atoms with Crippen LogP contribution in [0.3, 0.4) is 0 Å². The summed E-state index contributed by atoms with van der Waals surface area (Å²) in [7, 11) is 0. The molecule has 55 heavy (non-hydrogen) atoms. The normalized spacial score (nSPS) is 11.6. The van der Waals surface area contributed by atoms with Crippen LogP contribution < -0.4 is 0 Å². The van der Waals surface area contributed by atoms with E-state index in [2.05, 4.69) is 159 Å². The Bertz CT molecular complexity index is 3420. The molecule has 0 fully saturated rings. The van der Waals surface area contributed by atoms with Crippen LogP contribution in [-0.4, -0.2) is 13.7 Å². The van der Waals surface area contributed by atoms with Gasteiger partial charge in [0.05, 0.1) is 67.4 Å². The second kappa shape index (κ2) is 11.8. The summed E-state index contributed by atoms with van der Waals surface area (Å²) in [6.45, 7) is 0.